The van der Waals surface area contributed by atoms with Crippen molar-refractivity contribution in [1.82, 2.24) is 19.7 Å². The van der Waals surface area contributed by atoms with Gasteiger partial charge in [-0.2, -0.15) is 5.10 Å². The highest BCUT2D eigenvalue weighted by atomic mass is 15.3. The van der Waals surface area contributed by atoms with Gasteiger partial charge in [-0.05, 0) is 24.6 Å². The van der Waals surface area contributed by atoms with Gasteiger partial charge >= 0.3 is 0 Å². The first kappa shape index (κ1) is 9.79. The smallest absolute Gasteiger partial charge is 0.180 e. The van der Waals surface area contributed by atoms with Crippen molar-refractivity contribution in [3.05, 3.63) is 30.2 Å². The first-order chi connectivity index (χ1) is 7.29. The van der Waals surface area contributed by atoms with E-state index in [2.05, 4.69) is 15.1 Å². The largest absolute Gasteiger partial charge is 0.330 e. The lowest BCUT2D eigenvalue weighted by molar-refractivity contribution is 0.768. The van der Waals surface area contributed by atoms with Crippen LogP contribution in [0.2, 0.25) is 0 Å². The van der Waals surface area contributed by atoms with Crippen LogP contribution in [-0.2, 0) is 13.5 Å². The van der Waals surface area contributed by atoms with Crippen LogP contribution in [0.1, 0.15) is 5.56 Å². The molecular weight excluding hydrogens is 190 g/mol. The van der Waals surface area contributed by atoms with E-state index >= 15 is 0 Å². The summed E-state index contributed by atoms with van der Waals surface area (Å²) < 4.78 is 1.73. The SMILES string of the molecule is Cn1ccc(-c2ncc(CCN)cn2)n1. The summed E-state index contributed by atoms with van der Waals surface area (Å²) in [5, 5.41) is 4.22. The average molecular weight is 203 g/mol. The van der Waals surface area contributed by atoms with Gasteiger partial charge in [-0.25, -0.2) is 9.97 Å². The van der Waals surface area contributed by atoms with Gasteiger partial charge in [0.2, 0.25) is 0 Å². The van der Waals surface area contributed by atoms with Crippen molar-refractivity contribution in [3.63, 3.8) is 0 Å². The molecule has 0 unspecified atom stereocenters. The number of aromatic nitrogens is 4. The monoisotopic (exact) mass is 203 g/mol. The number of nitrogens with zero attached hydrogens (tertiary/aromatic N) is 4. The molecule has 0 aliphatic heterocycles. The fraction of sp³-hybridized carbons (Fsp3) is 0.300. The second-order valence-corrected chi connectivity index (χ2v) is 3.33. The highest BCUT2D eigenvalue weighted by molar-refractivity contribution is 5.47. The summed E-state index contributed by atoms with van der Waals surface area (Å²) in [5.74, 6) is 0.649. The first-order valence-electron chi connectivity index (χ1n) is 4.80. The lowest BCUT2D eigenvalue weighted by atomic mass is 10.2. The molecular formula is C10H13N5. The molecule has 2 heterocycles. The van der Waals surface area contributed by atoms with E-state index in [9.17, 15) is 0 Å². The molecule has 78 valence electrons. The molecule has 2 rings (SSSR count). The molecule has 0 radical (unpaired) electrons. The Bertz CT molecular complexity index is 431. The van der Waals surface area contributed by atoms with Crippen molar-refractivity contribution in [1.29, 1.82) is 0 Å². The summed E-state index contributed by atoms with van der Waals surface area (Å²) >= 11 is 0. The highest BCUT2D eigenvalue weighted by Gasteiger charge is 2.03. The van der Waals surface area contributed by atoms with Crippen molar-refractivity contribution in [2.75, 3.05) is 6.54 Å². The van der Waals surface area contributed by atoms with Gasteiger partial charge in [0, 0.05) is 25.6 Å². The number of nitrogens with two attached hydrogens (primary N) is 1. The van der Waals surface area contributed by atoms with Crippen molar-refractivity contribution in [2.24, 2.45) is 12.8 Å². The fourth-order valence-electron chi connectivity index (χ4n) is 1.32. The van der Waals surface area contributed by atoms with E-state index in [1.807, 2.05) is 19.3 Å². The molecule has 0 saturated carbocycles. The molecule has 2 N–H and O–H groups in total. The zero-order valence-electron chi connectivity index (χ0n) is 8.59. The van der Waals surface area contributed by atoms with E-state index in [1.54, 1.807) is 17.1 Å². The van der Waals surface area contributed by atoms with Crippen LogP contribution in [0.3, 0.4) is 0 Å². The molecule has 2 aromatic heterocycles. The molecule has 15 heavy (non-hydrogen) atoms. The maximum Gasteiger partial charge on any atom is 0.180 e. The zero-order chi connectivity index (χ0) is 10.7. The maximum absolute atomic E-state index is 5.44. The van der Waals surface area contributed by atoms with Crippen molar-refractivity contribution < 1.29 is 0 Å². The zero-order valence-corrected chi connectivity index (χ0v) is 8.59. The summed E-state index contributed by atoms with van der Waals surface area (Å²) in [6, 6.07) is 1.89. The highest BCUT2D eigenvalue weighted by Crippen LogP contribution is 2.10. The molecule has 0 aliphatic rings. The summed E-state index contributed by atoms with van der Waals surface area (Å²) in [6.45, 7) is 0.617. The fourth-order valence-corrected chi connectivity index (χ4v) is 1.32. The lowest BCUT2D eigenvalue weighted by Crippen LogP contribution is -2.03. The van der Waals surface area contributed by atoms with Crippen LogP contribution in [-0.4, -0.2) is 26.3 Å². The Labute approximate surface area is 88.0 Å². The summed E-state index contributed by atoms with van der Waals surface area (Å²) in [5.41, 5.74) is 7.28. The van der Waals surface area contributed by atoms with Crippen LogP contribution in [0, 0.1) is 0 Å². The van der Waals surface area contributed by atoms with Gasteiger partial charge in [-0.15, -0.1) is 0 Å². The Morgan fingerprint density at radius 1 is 1.33 bits per heavy atom. The number of aryl methyl sites for hydroxylation is 1. The van der Waals surface area contributed by atoms with Crippen LogP contribution in [0.4, 0.5) is 0 Å². The van der Waals surface area contributed by atoms with E-state index in [-0.39, 0.29) is 0 Å². The predicted octanol–water partition coefficient (Wildman–Crippen LogP) is 0.378. The molecule has 5 nitrogen and oxygen atoms in total. The second kappa shape index (κ2) is 4.18. The minimum atomic E-state index is 0.617. The van der Waals surface area contributed by atoms with Gasteiger partial charge in [0.05, 0.1) is 0 Å². The van der Waals surface area contributed by atoms with Crippen LogP contribution in [0.5, 0.6) is 0 Å². The van der Waals surface area contributed by atoms with Crippen LogP contribution in [0.15, 0.2) is 24.7 Å². The number of hydrogen-bond donors (Lipinski definition) is 1. The molecule has 5 heteroatoms. The number of hydrogen-bond acceptors (Lipinski definition) is 4. The quantitative estimate of drug-likeness (QED) is 0.782. The molecule has 0 aliphatic carbocycles. The van der Waals surface area contributed by atoms with E-state index in [0.29, 0.717) is 12.4 Å². The Kier molecular flexibility index (Phi) is 2.73. The van der Waals surface area contributed by atoms with Crippen molar-refractivity contribution >= 4 is 0 Å². The molecule has 0 fully saturated rings. The molecule has 0 atom stereocenters. The van der Waals surface area contributed by atoms with E-state index in [1.165, 1.54) is 0 Å². The summed E-state index contributed by atoms with van der Waals surface area (Å²) in [4.78, 5) is 8.48. The second-order valence-electron chi connectivity index (χ2n) is 3.33. The Morgan fingerprint density at radius 2 is 2.07 bits per heavy atom. The third kappa shape index (κ3) is 2.19. The van der Waals surface area contributed by atoms with Crippen molar-refractivity contribution in [2.45, 2.75) is 6.42 Å². The average Bonchev–Trinajstić information content (AvgIpc) is 2.67. The van der Waals surface area contributed by atoms with E-state index in [0.717, 1.165) is 17.7 Å². The first-order valence-corrected chi connectivity index (χ1v) is 4.80. The minimum absolute atomic E-state index is 0.617. The molecule has 0 aromatic carbocycles. The van der Waals surface area contributed by atoms with Crippen molar-refractivity contribution in [3.8, 4) is 11.5 Å². The summed E-state index contributed by atoms with van der Waals surface area (Å²) in [7, 11) is 1.87. The molecule has 2 aromatic rings. The van der Waals surface area contributed by atoms with Crippen LogP contribution in [0.25, 0.3) is 11.5 Å². The topological polar surface area (TPSA) is 69.6 Å². The lowest BCUT2D eigenvalue weighted by Gasteiger charge is -1.98. The van der Waals surface area contributed by atoms with Gasteiger partial charge in [-0.1, -0.05) is 0 Å². The third-order valence-corrected chi connectivity index (χ3v) is 2.08. The standard InChI is InChI=1S/C10H13N5/c1-15-5-3-9(14-15)10-12-6-8(2-4-11)7-13-10/h3,5-7H,2,4,11H2,1H3. The van der Waals surface area contributed by atoms with E-state index in [4.69, 9.17) is 5.73 Å². The molecule has 0 spiro atoms. The van der Waals surface area contributed by atoms with Gasteiger partial charge in [-0.3, -0.25) is 4.68 Å². The number of rotatable bonds is 3. The normalized spacial score (nSPS) is 10.5. The van der Waals surface area contributed by atoms with Gasteiger partial charge in [0.1, 0.15) is 5.69 Å². The predicted molar refractivity (Wildman–Crippen MR) is 57.0 cm³/mol. The molecule has 0 bridgehead atoms. The Hall–Kier alpha value is -1.75. The Balaban J connectivity index is 2.23. The van der Waals surface area contributed by atoms with Crippen LogP contribution < -0.4 is 5.73 Å². The van der Waals surface area contributed by atoms with Crippen LogP contribution >= 0.6 is 0 Å². The van der Waals surface area contributed by atoms with E-state index < -0.39 is 0 Å². The van der Waals surface area contributed by atoms with Gasteiger partial charge in [0.25, 0.3) is 0 Å². The summed E-state index contributed by atoms with van der Waals surface area (Å²) in [6.07, 6.45) is 6.27. The molecule has 0 amide bonds. The van der Waals surface area contributed by atoms with Gasteiger partial charge in [0.15, 0.2) is 5.82 Å². The third-order valence-electron chi connectivity index (χ3n) is 2.08. The van der Waals surface area contributed by atoms with Gasteiger partial charge < -0.3 is 5.73 Å². The maximum atomic E-state index is 5.44. The minimum Gasteiger partial charge on any atom is -0.330 e. The Morgan fingerprint density at radius 3 is 2.60 bits per heavy atom. The molecule has 0 saturated heterocycles.